The topological polar surface area (TPSA) is 69.9 Å². The first-order valence-electron chi connectivity index (χ1n) is 12.6. The van der Waals surface area contributed by atoms with Gasteiger partial charge in [0.15, 0.2) is 0 Å². The minimum absolute atomic E-state index is 0.769. The second-order valence-electron chi connectivity index (χ2n) is 9.40. The number of fused-ring (bicyclic) bond motifs is 1. The van der Waals surface area contributed by atoms with E-state index in [-0.39, 0.29) is 0 Å². The maximum absolute atomic E-state index is 5.94. The van der Waals surface area contributed by atoms with Crippen LogP contribution in [0.15, 0.2) is 65.6 Å². The van der Waals surface area contributed by atoms with E-state index in [9.17, 15) is 0 Å². The Kier molecular flexibility index (Phi) is 10.2. The molecule has 1 aromatic heterocycles. The third-order valence-electron chi connectivity index (χ3n) is 6.27. The third kappa shape index (κ3) is 7.87. The molecule has 0 aliphatic carbocycles. The zero-order valence-electron chi connectivity index (χ0n) is 21.4. The van der Waals surface area contributed by atoms with Crippen LogP contribution >= 0.6 is 12.6 Å². The number of hydrogen-bond donors (Lipinski definition) is 3. The van der Waals surface area contributed by atoms with E-state index in [0.29, 0.717) is 0 Å². The van der Waals surface area contributed by atoms with Gasteiger partial charge < -0.3 is 16.0 Å². The number of nitrogen functional groups attached to an aromatic ring is 1. The Hall–Kier alpha value is -2.76. The van der Waals surface area contributed by atoms with Crippen LogP contribution in [0.3, 0.4) is 0 Å². The van der Waals surface area contributed by atoms with Crippen molar-refractivity contribution in [2.75, 3.05) is 12.3 Å². The number of aromatic nitrogens is 2. The monoisotopic (exact) mass is 488 g/mol. The SMILES string of the molecule is Cc1cc(C)c(S)c(C)c1.NCCCCCCCc1nc2cc(N)ccc2n1Cc1ccccc1. The summed E-state index contributed by atoms with van der Waals surface area (Å²) in [6, 6.07) is 20.9. The van der Waals surface area contributed by atoms with Crippen LogP contribution in [0.2, 0.25) is 0 Å². The number of hydrogen-bond acceptors (Lipinski definition) is 4. The highest BCUT2D eigenvalue weighted by Crippen LogP contribution is 2.22. The predicted octanol–water partition coefficient (Wildman–Crippen LogP) is 7.02. The van der Waals surface area contributed by atoms with Crippen molar-refractivity contribution in [3.8, 4) is 0 Å². The number of aryl methyl sites for hydroxylation is 4. The summed E-state index contributed by atoms with van der Waals surface area (Å²) in [5.41, 5.74) is 19.6. The molecule has 0 spiro atoms. The average molecular weight is 489 g/mol. The summed E-state index contributed by atoms with van der Waals surface area (Å²) in [6.45, 7) is 7.93. The lowest BCUT2D eigenvalue weighted by atomic mass is 10.1. The summed E-state index contributed by atoms with van der Waals surface area (Å²) < 4.78 is 2.34. The van der Waals surface area contributed by atoms with Gasteiger partial charge >= 0.3 is 0 Å². The van der Waals surface area contributed by atoms with Crippen molar-refractivity contribution in [3.05, 3.63) is 88.7 Å². The van der Waals surface area contributed by atoms with E-state index in [1.807, 2.05) is 12.1 Å². The molecular weight excluding hydrogens is 448 g/mol. The molecule has 0 unspecified atom stereocenters. The molecule has 0 saturated heterocycles. The molecule has 0 radical (unpaired) electrons. The zero-order valence-corrected chi connectivity index (χ0v) is 22.3. The Morgan fingerprint density at radius 2 is 1.49 bits per heavy atom. The van der Waals surface area contributed by atoms with Crippen molar-refractivity contribution >= 4 is 29.3 Å². The molecule has 0 aliphatic heterocycles. The fourth-order valence-electron chi connectivity index (χ4n) is 4.46. The number of thiol groups is 1. The lowest BCUT2D eigenvalue weighted by molar-refractivity contribution is 0.600. The molecule has 4 N–H and O–H groups in total. The van der Waals surface area contributed by atoms with Crippen LogP contribution < -0.4 is 11.5 Å². The van der Waals surface area contributed by atoms with E-state index in [1.165, 1.54) is 41.5 Å². The van der Waals surface area contributed by atoms with Crippen LogP contribution in [0.25, 0.3) is 11.0 Å². The van der Waals surface area contributed by atoms with E-state index >= 15 is 0 Å². The first-order valence-corrected chi connectivity index (χ1v) is 13.1. The number of imidazole rings is 1. The van der Waals surface area contributed by atoms with Gasteiger partial charge in [-0.05, 0) is 75.0 Å². The van der Waals surface area contributed by atoms with Crippen molar-refractivity contribution in [2.45, 2.75) is 70.7 Å². The van der Waals surface area contributed by atoms with Crippen LogP contribution in [-0.2, 0) is 13.0 Å². The molecule has 3 aromatic carbocycles. The summed E-state index contributed by atoms with van der Waals surface area (Å²) in [5.74, 6) is 1.16. The van der Waals surface area contributed by atoms with Crippen LogP contribution in [0.5, 0.6) is 0 Å². The summed E-state index contributed by atoms with van der Waals surface area (Å²) in [7, 11) is 0. The zero-order chi connectivity index (χ0) is 25.2. The normalized spacial score (nSPS) is 10.9. The van der Waals surface area contributed by atoms with Gasteiger partial charge in [0.05, 0.1) is 11.0 Å². The van der Waals surface area contributed by atoms with Gasteiger partial charge in [-0.1, -0.05) is 67.3 Å². The van der Waals surface area contributed by atoms with Gasteiger partial charge in [0.2, 0.25) is 0 Å². The van der Waals surface area contributed by atoms with Gasteiger partial charge in [0.25, 0.3) is 0 Å². The quantitative estimate of drug-likeness (QED) is 0.135. The van der Waals surface area contributed by atoms with Gasteiger partial charge in [-0.15, -0.1) is 12.6 Å². The third-order valence-corrected chi connectivity index (χ3v) is 6.98. The molecule has 0 amide bonds. The first-order chi connectivity index (χ1) is 16.9. The number of benzene rings is 3. The van der Waals surface area contributed by atoms with Crippen LogP contribution in [0.1, 0.15) is 60.2 Å². The minimum atomic E-state index is 0.769. The van der Waals surface area contributed by atoms with Gasteiger partial charge in [-0.25, -0.2) is 4.98 Å². The fraction of sp³-hybridized carbons (Fsp3) is 0.367. The summed E-state index contributed by atoms with van der Waals surface area (Å²) in [6.07, 6.45) is 7.02. The molecule has 0 aliphatic rings. The molecule has 0 bridgehead atoms. The summed E-state index contributed by atoms with van der Waals surface area (Å²) in [5, 5.41) is 0. The standard InChI is InChI=1S/C21H28N4.C9H12S/c22-14-8-3-1-2-7-11-21-24-19-15-18(23)12-13-20(19)25(21)16-17-9-5-4-6-10-17;1-6-4-7(2)9(10)8(3)5-6/h4-6,9-10,12-13,15H,1-3,7-8,11,14,16,22-23H2;4-5,10H,1-3H3. The summed E-state index contributed by atoms with van der Waals surface area (Å²) >= 11 is 4.36. The Bertz CT molecular complexity index is 1190. The number of nitrogens with two attached hydrogens (primary N) is 2. The molecule has 4 rings (SSSR count). The van der Waals surface area contributed by atoms with Crippen molar-refractivity contribution in [2.24, 2.45) is 5.73 Å². The number of anilines is 1. The molecule has 0 saturated carbocycles. The second-order valence-corrected chi connectivity index (χ2v) is 9.85. The van der Waals surface area contributed by atoms with Crippen LogP contribution in [0, 0.1) is 20.8 Å². The van der Waals surface area contributed by atoms with Gasteiger partial charge in [0.1, 0.15) is 5.82 Å². The van der Waals surface area contributed by atoms with Crippen molar-refractivity contribution in [1.82, 2.24) is 9.55 Å². The van der Waals surface area contributed by atoms with Crippen molar-refractivity contribution in [3.63, 3.8) is 0 Å². The molecule has 1 heterocycles. The molecule has 5 heteroatoms. The van der Waals surface area contributed by atoms with Crippen LogP contribution in [0.4, 0.5) is 5.69 Å². The molecular formula is C30H40N4S. The predicted molar refractivity (Wildman–Crippen MR) is 153 cm³/mol. The number of unbranched alkanes of at least 4 members (excludes halogenated alkanes) is 4. The lowest BCUT2D eigenvalue weighted by Crippen LogP contribution is -2.05. The molecule has 4 aromatic rings. The fourth-order valence-corrected chi connectivity index (χ4v) is 4.59. The Balaban J connectivity index is 0.000000287. The van der Waals surface area contributed by atoms with E-state index in [4.69, 9.17) is 16.5 Å². The van der Waals surface area contributed by atoms with Gasteiger partial charge in [-0.2, -0.15) is 0 Å². The van der Waals surface area contributed by atoms with Gasteiger partial charge in [0, 0.05) is 23.5 Å². The largest absolute Gasteiger partial charge is 0.399 e. The highest BCUT2D eigenvalue weighted by Gasteiger charge is 2.11. The number of rotatable bonds is 9. The van der Waals surface area contributed by atoms with E-state index in [0.717, 1.165) is 59.8 Å². The smallest absolute Gasteiger partial charge is 0.110 e. The average Bonchev–Trinajstić information content (AvgIpc) is 3.16. The highest BCUT2D eigenvalue weighted by atomic mass is 32.1. The van der Waals surface area contributed by atoms with E-state index < -0.39 is 0 Å². The Morgan fingerprint density at radius 3 is 2.17 bits per heavy atom. The van der Waals surface area contributed by atoms with Gasteiger partial charge in [-0.3, -0.25) is 0 Å². The van der Waals surface area contributed by atoms with E-state index in [1.54, 1.807) is 0 Å². The maximum atomic E-state index is 5.94. The Labute approximate surface area is 216 Å². The summed E-state index contributed by atoms with van der Waals surface area (Å²) in [4.78, 5) is 5.98. The first kappa shape index (κ1) is 26.8. The minimum Gasteiger partial charge on any atom is -0.399 e. The molecule has 0 fully saturated rings. The molecule has 4 nitrogen and oxygen atoms in total. The lowest BCUT2D eigenvalue weighted by Gasteiger charge is -2.10. The highest BCUT2D eigenvalue weighted by molar-refractivity contribution is 7.80. The van der Waals surface area contributed by atoms with Crippen LogP contribution in [-0.4, -0.2) is 16.1 Å². The molecule has 0 atom stereocenters. The molecule has 35 heavy (non-hydrogen) atoms. The number of nitrogens with zero attached hydrogens (tertiary/aromatic N) is 2. The maximum Gasteiger partial charge on any atom is 0.110 e. The van der Waals surface area contributed by atoms with Crippen molar-refractivity contribution < 1.29 is 0 Å². The van der Waals surface area contributed by atoms with E-state index in [2.05, 4.69) is 86.5 Å². The Morgan fingerprint density at radius 1 is 0.829 bits per heavy atom. The molecule has 186 valence electrons. The van der Waals surface area contributed by atoms with Crippen molar-refractivity contribution in [1.29, 1.82) is 0 Å². The second kappa shape index (κ2) is 13.4.